The summed E-state index contributed by atoms with van der Waals surface area (Å²) >= 11 is 0. The highest BCUT2D eigenvalue weighted by molar-refractivity contribution is 5.71. The van der Waals surface area contributed by atoms with Gasteiger partial charge in [-0.15, -0.1) is 0 Å². The van der Waals surface area contributed by atoms with E-state index in [1.165, 1.54) is 141 Å². The van der Waals surface area contributed by atoms with E-state index in [4.69, 9.17) is 14.2 Å². The number of allylic oxidation sites excluding steroid dienone is 18. The van der Waals surface area contributed by atoms with E-state index in [1.807, 2.05) is 0 Å². The molecule has 0 bridgehead atoms. The van der Waals surface area contributed by atoms with Crippen molar-refractivity contribution in [2.45, 2.75) is 309 Å². The molecular formula is C71H120O6. The third-order valence-electron chi connectivity index (χ3n) is 13.7. The first-order valence-corrected chi connectivity index (χ1v) is 32.4. The highest BCUT2D eigenvalue weighted by atomic mass is 16.6. The Morgan fingerprint density at radius 3 is 0.792 bits per heavy atom. The smallest absolute Gasteiger partial charge is 0.306 e. The van der Waals surface area contributed by atoms with Gasteiger partial charge in [-0.2, -0.15) is 0 Å². The Balaban J connectivity index is 4.43. The summed E-state index contributed by atoms with van der Waals surface area (Å²) < 4.78 is 16.9. The van der Waals surface area contributed by atoms with Crippen LogP contribution >= 0.6 is 0 Å². The Morgan fingerprint density at radius 2 is 0.506 bits per heavy atom. The standard InChI is InChI=1S/C71H120O6/c1-4-7-10-13-16-19-22-25-28-31-34-35-36-37-38-41-43-46-49-52-55-58-61-64-70(73)76-67-68(77-71(74)65-62-59-56-53-50-47-44-40-33-30-27-24-21-18-15-12-9-6-3)66-75-69(72)63-60-57-54-51-48-45-42-39-32-29-26-23-20-17-14-11-8-5-2/h7,10,16,19-21,23-25,28-30,32-35,37-38,68H,4-6,8-9,11-15,17-18,22,26-27,31,36,39-67H2,1-3H3/b10-7-,19-16-,23-20-,24-21-,28-25-,32-29-,33-30-,35-34-,38-37-. The van der Waals surface area contributed by atoms with Gasteiger partial charge in [0.1, 0.15) is 13.2 Å². The molecule has 6 heteroatoms. The van der Waals surface area contributed by atoms with E-state index in [0.29, 0.717) is 19.3 Å². The molecule has 0 amide bonds. The summed E-state index contributed by atoms with van der Waals surface area (Å²) in [5, 5.41) is 0. The molecule has 0 radical (unpaired) electrons. The third kappa shape index (κ3) is 62.8. The molecule has 1 atom stereocenters. The van der Waals surface area contributed by atoms with Gasteiger partial charge in [0, 0.05) is 19.3 Å². The fourth-order valence-corrected chi connectivity index (χ4v) is 8.88. The van der Waals surface area contributed by atoms with Crippen LogP contribution in [0.3, 0.4) is 0 Å². The van der Waals surface area contributed by atoms with E-state index in [9.17, 15) is 14.4 Å². The van der Waals surface area contributed by atoms with Gasteiger partial charge in [-0.05, 0) is 128 Å². The zero-order valence-corrected chi connectivity index (χ0v) is 50.4. The average Bonchev–Trinajstić information content (AvgIpc) is 3.43. The third-order valence-corrected chi connectivity index (χ3v) is 13.7. The zero-order valence-electron chi connectivity index (χ0n) is 50.4. The molecule has 0 aromatic rings. The minimum Gasteiger partial charge on any atom is -0.462 e. The molecule has 1 unspecified atom stereocenters. The minimum absolute atomic E-state index is 0.0896. The van der Waals surface area contributed by atoms with Crippen LogP contribution in [0.5, 0.6) is 0 Å². The van der Waals surface area contributed by atoms with Crippen molar-refractivity contribution in [2.24, 2.45) is 0 Å². The molecule has 0 saturated heterocycles. The van der Waals surface area contributed by atoms with Crippen LogP contribution in [-0.2, 0) is 28.6 Å². The monoisotopic (exact) mass is 1070 g/mol. The molecule has 0 saturated carbocycles. The normalized spacial score (nSPS) is 12.8. The quantitative estimate of drug-likeness (QED) is 0.0261. The summed E-state index contributed by atoms with van der Waals surface area (Å²) in [4.78, 5) is 38.4. The lowest BCUT2D eigenvalue weighted by molar-refractivity contribution is -0.167. The number of hydrogen-bond acceptors (Lipinski definition) is 6. The molecule has 0 aromatic heterocycles. The van der Waals surface area contributed by atoms with E-state index in [1.54, 1.807) is 0 Å². The summed E-state index contributed by atoms with van der Waals surface area (Å²) in [6.45, 7) is 6.49. The molecule has 0 aliphatic carbocycles. The molecule has 0 spiro atoms. The van der Waals surface area contributed by atoms with Crippen LogP contribution in [0, 0.1) is 0 Å². The molecule has 0 aromatic carbocycles. The summed E-state index contributed by atoms with van der Waals surface area (Å²) in [6.07, 6.45) is 87.9. The Labute approximate surface area is 476 Å². The lowest BCUT2D eigenvalue weighted by Gasteiger charge is -2.18. The maximum absolute atomic E-state index is 12.9. The summed E-state index contributed by atoms with van der Waals surface area (Å²) in [7, 11) is 0. The molecule has 0 aliphatic rings. The Hall–Kier alpha value is -3.93. The van der Waals surface area contributed by atoms with Gasteiger partial charge in [-0.25, -0.2) is 0 Å². The maximum Gasteiger partial charge on any atom is 0.306 e. The van der Waals surface area contributed by atoms with Crippen LogP contribution in [-0.4, -0.2) is 37.2 Å². The van der Waals surface area contributed by atoms with Crippen molar-refractivity contribution >= 4 is 17.9 Å². The molecule has 77 heavy (non-hydrogen) atoms. The number of esters is 3. The van der Waals surface area contributed by atoms with Gasteiger partial charge in [-0.3, -0.25) is 14.4 Å². The topological polar surface area (TPSA) is 78.9 Å². The fraction of sp³-hybridized carbons (Fsp3) is 0.704. The van der Waals surface area contributed by atoms with Gasteiger partial charge in [0.25, 0.3) is 0 Å². The van der Waals surface area contributed by atoms with Crippen molar-refractivity contribution in [1.29, 1.82) is 0 Å². The highest BCUT2D eigenvalue weighted by Gasteiger charge is 2.19. The van der Waals surface area contributed by atoms with Crippen molar-refractivity contribution in [2.75, 3.05) is 13.2 Å². The molecule has 0 N–H and O–H groups in total. The predicted molar refractivity (Wildman–Crippen MR) is 334 cm³/mol. The van der Waals surface area contributed by atoms with Crippen LogP contribution in [0.2, 0.25) is 0 Å². The minimum atomic E-state index is -0.794. The van der Waals surface area contributed by atoms with Gasteiger partial charge in [0.15, 0.2) is 6.10 Å². The van der Waals surface area contributed by atoms with Gasteiger partial charge in [-0.1, -0.05) is 265 Å². The number of ether oxygens (including phenoxy) is 3. The molecule has 0 fully saturated rings. The van der Waals surface area contributed by atoms with E-state index in [2.05, 4.69) is 130 Å². The highest BCUT2D eigenvalue weighted by Crippen LogP contribution is 2.15. The summed E-state index contributed by atoms with van der Waals surface area (Å²) in [5.41, 5.74) is 0. The van der Waals surface area contributed by atoms with Gasteiger partial charge in [0.05, 0.1) is 0 Å². The van der Waals surface area contributed by atoms with Crippen LogP contribution in [0.1, 0.15) is 303 Å². The first kappa shape index (κ1) is 73.1. The van der Waals surface area contributed by atoms with E-state index < -0.39 is 6.10 Å². The van der Waals surface area contributed by atoms with E-state index in [-0.39, 0.29) is 31.1 Å². The lowest BCUT2D eigenvalue weighted by atomic mass is 10.1. The van der Waals surface area contributed by atoms with Crippen molar-refractivity contribution < 1.29 is 28.6 Å². The SMILES string of the molecule is CC/C=C\C/C=C\C/C=C\C/C=C\C/C=C\CCCCCCCCCC(=O)OCC(COC(=O)CCCCCCCCC/C=C\C/C=C\CCCCCC)OC(=O)CCCCCCCCC/C=C\C/C=C\CCCCCC. The molecular weight excluding hydrogens is 949 g/mol. The van der Waals surface area contributed by atoms with Gasteiger partial charge < -0.3 is 14.2 Å². The number of carbonyl (C=O) groups is 3. The van der Waals surface area contributed by atoms with Crippen LogP contribution in [0.4, 0.5) is 0 Å². The second-order valence-electron chi connectivity index (χ2n) is 21.3. The molecule has 0 heterocycles. The van der Waals surface area contributed by atoms with Crippen LogP contribution in [0.25, 0.3) is 0 Å². The summed E-state index contributed by atoms with van der Waals surface area (Å²) in [6, 6.07) is 0. The maximum atomic E-state index is 12.9. The lowest BCUT2D eigenvalue weighted by Crippen LogP contribution is -2.30. The number of rotatable bonds is 58. The number of hydrogen-bond donors (Lipinski definition) is 0. The van der Waals surface area contributed by atoms with E-state index in [0.717, 1.165) is 122 Å². The summed E-state index contributed by atoms with van der Waals surface area (Å²) in [5.74, 6) is -0.907. The number of carbonyl (C=O) groups excluding carboxylic acids is 3. The number of unbranched alkanes of at least 4 members (excludes halogenated alkanes) is 29. The van der Waals surface area contributed by atoms with Gasteiger partial charge >= 0.3 is 17.9 Å². The Morgan fingerprint density at radius 1 is 0.273 bits per heavy atom. The fourth-order valence-electron chi connectivity index (χ4n) is 8.88. The first-order chi connectivity index (χ1) is 38.0. The Bertz CT molecular complexity index is 1560. The molecule has 0 aliphatic heterocycles. The average molecular weight is 1070 g/mol. The van der Waals surface area contributed by atoms with Gasteiger partial charge in [0.2, 0.25) is 0 Å². The largest absolute Gasteiger partial charge is 0.462 e. The van der Waals surface area contributed by atoms with Crippen molar-refractivity contribution in [3.05, 3.63) is 109 Å². The van der Waals surface area contributed by atoms with Crippen LogP contribution < -0.4 is 0 Å². The zero-order chi connectivity index (χ0) is 55.7. The first-order valence-electron chi connectivity index (χ1n) is 32.4. The second-order valence-corrected chi connectivity index (χ2v) is 21.3. The van der Waals surface area contributed by atoms with E-state index >= 15 is 0 Å². The van der Waals surface area contributed by atoms with Crippen LogP contribution in [0.15, 0.2) is 109 Å². The molecule has 6 nitrogen and oxygen atoms in total. The predicted octanol–water partition coefficient (Wildman–Crippen LogP) is 22.2. The second kappa shape index (κ2) is 64.6. The van der Waals surface area contributed by atoms with Crippen molar-refractivity contribution in [3.63, 3.8) is 0 Å². The van der Waals surface area contributed by atoms with Crippen molar-refractivity contribution in [3.8, 4) is 0 Å². The molecule has 0 rings (SSSR count). The van der Waals surface area contributed by atoms with Crippen molar-refractivity contribution in [1.82, 2.24) is 0 Å². The molecule has 440 valence electrons. The Kier molecular flexibility index (Phi) is 61.3.